The average molecular weight is 494 g/mol. The van der Waals surface area contributed by atoms with Crippen LogP contribution in [0, 0.1) is 0 Å². The molecule has 1 saturated carbocycles. The van der Waals surface area contributed by atoms with Crippen LogP contribution in [0.3, 0.4) is 0 Å². The second-order valence-corrected chi connectivity index (χ2v) is 9.67. The topological polar surface area (TPSA) is 55.4 Å². The molecular formula is C23H31ClF3NO3S. The standard InChI is InChI=1S/C19H18ClF3O3S.C2H7N.C2H6/c20-14-7-5-13(6-8-14)12-26-15-9-10-16(11-15)27(24,25)18-4-2-1-3-17(18)19(21,22)23;1-3-2;1-2/h1-8,15-16H,9-12H2;3H,1-2H3;1-2H3/t15-,16+;;/m0../s1. The van der Waals surface area contributed by atoms with Gasteiger partial charge in [-0.15, -0.1) is 0 Å². The zero-order valence-electron chi connectivity index (χ0n) is 18.7. The molecule has 2 aromatic carbocycles. The highest BCUT2D eigenvalue weighted by molar-refractivity contribution is 7.92. The van der Waals surface area contributed by atoms with Gasteiger partial charge in [0.2, 0.25) is 0 Å². The van der Waals surface area contributed by atoms with E-state index in [1.165, 1.54) is 12.1 Å². The maximum absolute atomic E-state index is 13.2. The first-order chi connectivity index (χ1) is 15.1. The summed E-state index contributed by atoms with van der Waals surface area (Å²) in [6.45, 7) is 4.30. The first-order valence-electron chi connectivity index (χ1n) is 10.4. The molecule has 9 heteroatoms. The Balaban J connectivity index is 0.000000944. The Labute approximate surface area is 194 Å². The zero-order valence-corrected chi connectivity index (χ0v) is 20.3. The van der Waals surface area contributed by atoms with Gasteiger partial charge in [0.05, 0.1) is 28.4 Å². The van der Waals surface area contributed by atoms with Crippen molar-refractivity contribution in [1.29, 1.82) is 0 Å². The smallest absolute Gasteiger partial charge is 0.373 e. The Kier molecular flexibility index (Phi) is 11.7. The van der Waals surface area contributed by atoms with Gasteiger partial charge in [-0.05, 0) is 63.2 Å². The van der Waals surface area contributed by atoms with Crippen LogP contribution in [0.4, 0.5) is 13.2 Å². The molecule has 2 aromatic rings. The highest BCUT2D eigenvalue weighted by Gasteiger charge is 2.42. The lowest BCUT2D eigenvalue weighted by Crippen LogP contribution is -2.23. The van der Waals surface area contributed by atoms with Crippen molar-refractivity contribution in [1.82, 2.24) is 5.32 Å². The van der Waals surface area contributed by atoms with Crippen molar-refractivity contribution in [3.63, 3.8) is 0 Å². The summed E-state index contributed by atoms with van der Waals surface area (Å²) in [5.41, 5.74) is -0.219. The normalized spacial score (nSPS) is 18.2. The van der Waals surface area contributed by atoms with Crippen LogP contribution in [0.25, 0.3) is 0 Å². The first kappa shape index (κ1) is 28.4. The van der Waals surface area contributed by atoms with Gasteiger partial charge in [0, 0.05) is 5.02 Å². The van der Waals surface area contributed by atoms with Crippen LogP contribution in [0.5, 0.6) is 0 Å². The summed E-state index contributed by atoms with van der Waals surface area (Å²) in [5.74, 6) is 0. The highest BCUT2D eigenvalue weighted by atomic mass is 35.5. The Morgan fingerprint density at radius 2 is 1.59 bits per heavy atom. The molecule has 0 spiro atoms. The summed E-state index contributed by atoms with van der Waals surface area (Å²) in [6.07, 6.45) is -4.07. The minimum absolute atomic E-state index is 0.183. The van der Waals surface area contributed by atoms with Crippen molar-refractivity contribution in [2.45, 2.75) is 62.1 Å². The molecule has 3 rings (SSSR count). The van der Waals surface area contributed by atoms with Crippen molar-refractivity contribution in [2.75, 3.05) is 14.1 Å². The molecule has 0 aromatic heterocycles. The predicted octanol–water partition coefficient (Wildman–Crippen LogP) is 6.13. The Morgan fingerprint density at radius 1 is 1.03 bits per heavy atom. The van der Waals surface area contributed by atoms with Crippen molar-refractivity contribution >= 4 is 21.4 Å². The monoisotopic (exact) mass is 493 g/mol. The van der Waals surface area contributed by atoms with E-state index >= 15 is 0 Å². The second-order valence-electron chi connectivity index (χ2n) is 7.03. The molecule has 4 nitrogen and oxygen atoms in total. The number of hydrogen-bond donors (Lipinski definition) is 1. The van der Waals surface area contributed by atoms with E-state index in [0.29, 0.717) is 18.1 Å². The Morgan fingerprint density at radius 3 is 2.16 bits per heavy atom. The van der Waals surface area contributed by atoms with Crippen molar-refractivity contribution in [3.8, 4) is 0 Å². The molecule has 2 atom stereocenters. The molecule has 0 heterocycles. The number of ether oxygens (including phenoxy) is 1. The number of benzene rings is 2. The van der Waals surface area contributed by atoms with Crippen LogP contribution < -0.4 is 5.32 Å². The van der Waals surface area contributed by atoms with Gasteiger partial charge in [0.15, 0.2) is 9.84 Å². The summed E-state index contributed by atoms with van der Waals surface area (Å²) in [6, 6.07) is 11.4. The van der Waals surface area contributed by atoms with Gasteiger partial charge in [-0.25, -0.2) is 8.42 Å². The Bertz CT molecular complexity index is 919. The number of alkyl halides is 3. The van der Waals surface area contributed by atoms with E-state index in [9.17, 15) is 21.6 Å². The molecule has 1 fully saturated rings. The third kappa shape index (κ3) is 8.06. The van der Waals surface area contributed by atoms with Crippen molar-refractivity contribution in [2.24, 2.45) is 0 Å². The second kappa shape index (κ2) is 13.2. The number of halogens is 4. The molecule has 0 radical (unpaired) electrons. The summed E-state index contributed by atoms with van der Waals surface area (Å²) >= 11 is 5.82. The van der Waals surface area contributed by atoms with E-state index in [2.05, 4.69) is 5.32 Å². The highest BCUT2D eigenvalue weighted by Crippen LogP contribution is 2.38. The molecule has 0 aliphatic heterocycles. The lowest BCUT2D eigenvalue weighted by atomic mass is 10.2. The summed E-state index contributed by atoms with van der Waals surface area (Å²) < 4.78 is 70.9. The molecule has 0 unspecified atom stereocenters. The van der Waals surface area contributed by atoms with Crippen molar-refractivity contribution in [3.05, 3.63) is 64.7 Å². The van der Waals surface area contributed by atoms with Gasteiger partial charge >= 0.3 is 6.18 Å². The lowest BCUT2D eigenvalue weighted by molar-refractivity contribution is -0.139. The molecule has 180 valence electrons. The van der Waals surface area contributed by atoms with E-state index in [-0.39, 0.29) is 18.9 Å². The largest absolute Gasteiger partial charge is 0.417 e. The number of rotatable bonds is 5. The summed E-state index contributed by atoms with van der Waals surface area (Å²) in [5, 5.41) is 2.48. The van der Waals surface area contributed by atoms with Crippen LogP contribution in [0.1, 0.15) is 44.2 Å². The molecule has 0 bridgehead atoms. The maximum atomic E-state index is 13.2. The molecule has 1 N–H and O–H groups in total. The van der Waals surface area contributed by atoms with E-state index in [0.717, 1.165) is 17.7 Å². The minimum Gasteiger partial charge on any atom is -0.373 e. The van der Waals surface area contributed by atoms with E-state index < -0.39 is 31.7 Å². The van der Waals surface area contributed by atoms with Gasteiger partial charge in [-0.3, -0.25) is 0 Å². The average Bonchev–Trinajstić information content (AvgIpc) is 3.25. The van der Waals surface area contributed by atoms with Gasteiger partial charge < -0.3 is 10.1 Å². The maximum Gasteiger partial charge on any atom is 0.417 e. The fraction of sp³-hybridized carbons (Fsp3) is 0.478. The van der Waals surface area contributed by atoms with Crippen LogP contribution in [-0.2, 0) is 27.4 Å². The van der Waals surface area contributed by atoms with E-state index in [1.807, 2.05) is 40.1 Å². The van der Waals surface area contributed by atoms with Crippen LogP contribution in [-0.4, -0.2) is 33.9 Å². The molecule has 0 amide bonds. The predicted molar refractivity (Wildman–Crippen MR) is 123 cm³/mol. The van der Waals surface area contributed by atoms with Gasteiger partial charge in [-0.2, -0.15) is 13.2 Å². The zero-order chi connectivity index (χ0) is 24.4. The third-order valence-electron chi connectivity index (χ3n) is 4.67. The van der Waals surface area contributed by atoms with E-state index in [4.69, 9.17) is 16.3 Å². The summed E-state index contributed by atoms with van der Waals surface area (Å²) in [4.78, 5) is -0.652. The quantitative estimate of drug-likeness (QED) is 0.544. The first-order valence-corrected chi connectivity index (χ1v) is 12.4. The molecule has 1 aliphatic rings. The Hall–Kier alpha value is -1.61. The van der Waals surface area contributed by atoms with Crippen molar-refractivity contribution < 1.29 is 26.3 Å². The van der Waals surface area contributed by atoms with Crippen LogP contribution >= 0.6 is 11.6 Å². The molecular weight excluding hydrogens is 463 g/mol. The minimum atomic E-state index is -4.72. The number of hydrogen-bond acceptors (Lipinski definition) is 4. The fourth-order valence-corrected chi connectivity index (χ4v) is 5.42. The SMILES string of the molecule is CC.CNC.O=S(=O)(c1ccccc1C(F)(F)F)[C@@H]1CC[C@H](OCc2ccc(Cl)cc2)C1. The van der Waals surface area contributed by atoms with Gasteiger partial charge in [0.1, 0.15) is 0 Å². The fourth-order valence-electron chi connectivity index (χ4n) is 3.26. The lowest BCUT2D eigenvalue weighted by Gasteiger charge is -2.17. The van der Waals surface area contributed by atoms with Gasteiger partial charge in [-0.1, -0.05) is 49.7 Å². The molecule has 1 aliphatic carbocycles. The molecule has 32 heavy (non-hydrogen) atoms. The number of nitrogens with one attached hydrogen (secondary N) is 1. The van der Waals surface area contributed by atoms with Crippen LogP contribution in [0.2, 0.25) is 5.02 Å². The van der Waals surface area contributed by atoms with Crippen LogP contribution in [0.15, 0.2) is 53.4 Å². The number of sulfone groups is 1. The molecule has 0 saturated heterocycles. The van der Waals surface area contributed by atoms with E-state index in [1.54, 1.807) is 12.1 Å². The summed E-state index contributed by atoms with van der Waals surface area (Å²) in [7, 11) is -0.341. The third-order valence-corrected chi connectivity index (χ3v) is 7.20. The van der Waals surface area contributed by atoms with Gasteiger partial charge in [0.25, 0.3) is 0 Å².